The summed E-state index contributed by atoms with van der Waals surface area (Å²) in [6.07, 6.45) is 0. The number of aromatic carboxylic acids is 1. The van der Waals surface area contributed by atoms with Gasteiger partial charge in [0.1, 0.15) is 6.54 Å². The van der Waals surface area contributed by atoms with E-state index in [-0.39, 0.29) is 29.5 Å². The highest BCUT2D eigenvalue weighted by Crippen LogP contribution is 2.26. The Labute approximate surface area is 157 Å². The molecule has 10 heteroatoms. The van der Waals surface area contributed by atoms with Gasteiger partial charge in [0.05, 0.1) is 16.6 Å². The molecule has 28 heavy (non-hydrogen) atoms. The number of nitrogens with two attached hydrogens (primary N) is 1. The van der Waals surface area contributed by atoms with Crippen molar-refractivity contribution in [3.63, 3.8) is 0 Å². The van der Waals surface area contributed by atoms with Gasteiger partial charge in [-0.25, -0.2) is 14.4 Å². The van der Waals surface area contributed by atoms with Crippen LogP contribution in [-0.2, 0) is 11.3 Å². The molecule has 0 fully saturated rings. The quantitative estimate of drug-likeness (QED) is 0.477. The monoisotopic (exact) mass is 378 g/mol. The van der Waals surface area contributed by atoms with Crippen LogP contribution in [0.4, 0.5) is 11.5 Å². The van der Waals surface area contributed by atoms with Crippen LogP contribution in [-0.4, -0.2) is 36.8 Å². The number of amides is 1. The molecule has 4 aromatic rings. The Morgan fingerprint density at radius 1 is 1.14 bits per heavy atom. The number of carbonyl (C=O) groups is 2. The summed E-state index contributed by atoms with van der Waals surface area (Å²) in [7, 11) is 0. The highest BCUT2D eigenvalue weighted by molar-refractivity contribution is 5.95. The Morgan fingerprint density at radius 2 is 1.96 bits per heavy atom. The third-order valence-corrected chi connectivity index (χ3v) is 4.08. The first-order valence-electron chi connectivity index (χ1n) is 8.20. The number of rotatable bonds is 5. The van der Waals surface area contributed by atoms with E-state index in [1.807, 2.05) is 18.2 Å². The number of nitrogens with one attached hydrogen (secondary N) is 1. The number of carboxylic acids is 1. The fourth-order valence-corrected chi connectivity index (χ4v) is 2.84. The van der Waals surface area contributed by atoms with Gasteiger partial charge < -0.3 is 20.7 Å². The van der Waals surface area contributed by atoms with Gasteiger partial charge in [0, 0.05) is 5.69 Å². The fraction of sp³-hybridized carbons (Fsp3) is 0.0556. The number of para-hydroxylation sites is 2. The predicted molar refractivity (Wildman–Crippen MR) is 99.5 cm³/mol. The summed E-state index contributed by atoms with van der Waals surface area (Å²) in [6.45, 7) is -0.0978. The molecule has 2 heterocycles. The lowest BCUT2D eigenvalue weighted by Crippen LogP contribution is -2.19. The number of nitrogens with zero attached hydrogens (tertiary/aromatic N) is 4. The molecular formula is C18H14N6O4. The Balaban J connectivity index is 1.67. The van der Waals surface area contributed by atoms with E-state index in [1.54, 1.807) is 22.8 Å². The molecular weight excluding hydrogens is 364 g/mol. The average Bonchev–Trinajstić information content (AvgIpc) is 3.25. The summed E-state index contributed by atoms with van der Waals surface area (Å²) >= 11 is 0. The number of fused-ring (bicyclic) bond motifs is 1. The van der Waals surface area contributed by atoms with Crippen molar-refractivity contribution >= 4 is 34.4 Å². The molecule has 2 aromatic heterocycles. The van der Waals surface area contributed by atoms with Gasteiger partial charge in [-0.1, -0.05) is 18.2 Å². The van der Waals surface area contributed by atoms with E-state index in [1.165, 1.54) is 12.1 Å². The van der Waals surface area contributed by atoms with Crippen molar-refractivity contribution in [1.82, 2.24) is 19.9 Å². The number of anilines is 2. The van der Waals surface area contributed by atoms with Crippen LogP contribution in [0, 0.1) is 0 Å². The largest absolute Gasteiger partial charge is 0.478 e. The number of carboxylic acid groups (broad SMARTS) is 1. The third kappa shape index (κ3) is 3.14. The first-order valence-corrected chi connectivity index (χ1v) is 8.20. The molecule has 0 bridgehead atoms. The maximum Gasteiger partial charge on any atom is 0.335 e. The minimum Gasteiger partial charge on any atom is -0.478 e. The zero-order valence-corrected chi connectivity index (χ0v) is 14.4. The van der Waals surface area contributed by atoms with Crippen molar-refractivity contribution in [2.24, 2.45) is 0 Å². The summed E-state index contributed by atoms with van der Waals surface area (Å²) in [5, 5.41) is 19.1. The van der Waals surface area contributed by atoms with Gasteiger partial charge in [0.25, 0.3) is 0 Å². The van der Waals surface area contributed by atoms with Gasteiger partial charge in [-0.15, -0.1) is 0 Å². The standard InChI is InChI=1S/C18H14N6O4/c19-16-15(22-28-23-16)17-21-12-6-1-2-7-13(12)24(17)9-14(25)20-11-5-3-4-10(8-11)18(26)27/h1-8H,9H2,(H2,19,23)(H,20,25)(H,26,27). The number of nitrogen functional groups attached to an aromatic ring is 1. The molecule has 0 unspecified atom stereocenters. The number of benzene rings is 2. The first-order chi connectivity index (χ1) is 13.5. The van der Waals surface area contributed by atoms with E-state index >= 15 is 0 Å². The molecule has 0 aliphatic heterocycles. The van der Waals surface area contributed by atoms with Crippen LogP contribution in [0.1, 0.15) is 10.4 Å². The highest BCUT2D eigenvalue weighted by atomic mass is 16.6. The van der Waals surface area contributed by atoms with Crippen LogP contribution in [0.25, 0.3) is 22.6 Å². The Hall–Kier alpha value is -4.21. The molecule has 0 spiro atoms. The zero-order valence-electron chi connectivity index (χ0n) is 14.4. The molecule has 10 nitrogen and oxygen atoms in total. The van der Waals surface area contributed by atoms with Gasteiger partial charge >= 0.3 is 5.97 Å². The van der Waals surface area contributed by atoms with Crippen molar-refractivity contribution in [3.8, 4) is 11.5 Å². The minimum atomic E-state index is -1.08. The molecule has 0 saturated heterocycles. The number of hydrogen-bond donors (Lipinski definition) is 3. The number of hydrogen-bond acceptors (Lipinski definition) is 7. The zero-order chi connectivity index (χ0) is 19.7. The van der Waals surface area contributed by atoms with Crippen molar-refractivity contribution in [1.29, 1.82) is 0 Å². The van der Waals surface area contributed by atoms with Crippen LogP contribution in [0.15, 0.2) is 53.2 Å². The van der Waals surface area contributed by atoms with Gasteiger partial charge in [0.15, 0.2) is 17.3 Å². The predicted octanol–water partition coefficient (Wildman–Crippen LogP) is 2.01. The number of carbonyl (C=O) groups excluding carboxylic acids is 1. The molecule has 2 aromatic carbocycles. The molecule has 1 amide bonds. The second-order valence-corrected chi connectivity index (χ2v) is 5.94. The molecule has 0 radical (unpaired) electrons. The van der Waals surface area contributed by atoms with Crippen LogP contribution in [0.2, 0.25) is 0 Å². The van der Waals surface area contributed by atoms with Crippen LogP contribution >= 0.6 is 0 Å². The minimum absolute atomic E-state index is 0.0612. The summed E-state index contributed by atoms with van der Waals surface area (Å²) in [5.74, 6) is -1.05. The van der Waals surface area contributed by atoms with Crippen molar-refractivity contribution in [2.75, 3.05) is 11.1 Å². The summed E-state index contributed by atoms with van der Waals surface area (Å²) in [5.41, 5.74) is 7.83. The van der Waals surface area contributed by atoms with Gasteiger partial charge in [-0.05, 0) is 40.6 Å². The third-order valence-electron chi connectivity index (χ3n) is 4.08. The smallest absolute Gasteiger partial charge is 0.335 e. The first kappa shape index (κ1) is 17.2. The maximum absolute atomic E-state index is 12.6. The Morgan fingerprint density at radius 3 is 2.71 bits per heavy atom. The van der Waals surface area contributed by atoms with Crippen molar-refractivity contribution in [2.45, 2.75) is 6.54 Å². The second-order valence-electron chi connectivity index (χ2n) is 5.94. The van der Waals surface area contributed by atoms with E-state index in [0.717, 1.165) is 0 Å². The molecule has 4 N–H and O–H groups in total. The van der Waals surface area contributed by atoms with Gasteiger partial charge in [-0.3, -0.25) is 4.79 Å². The molecule has 0 aliphatic rings. The van der Waals surface area contributed by atoms with Crippen LogP contribution in [0.3, 0.4) is 0 Å². The van der Waals surface area contributed by atoms with Gasteiger partial charge in [-0.2, -0.15) is 0 Å². The lowest BCUT2D eigenvalue weighted by Gasteiger charge is -2.09. The number of imidazole rings is 1. The van der Waals surface area contributed by atoms with E-state index in [9.17, 15) is 9.59 Å². The maximum atomic E-state index is 12.6. The average molecular weight is 378 g/mol. The summed E-state index contributed by atoms with van der Waals surface area (Å²) in [6, 6.07) is 13.2. The topological polar surface area (TPSA) is 149 Å². The van der Waals surface area contributed by atoms with Crippen LogP contribution < -0.4 is 11.1 Å². The van der Waals surface area contributed by atoms with Crippen molar-refractivity contribution < 1.29 is 19.3 Å². The van der Waals surface area contributed by atoms with E-state index in [0.29, 0.717) is 22.5 Å². The summed E-state index contributed by atoms with van der Waals surface area (Å²) in [4.78, 5) is 28.2. The highest BCUT2D eigenvalue weighted by Gasteiger charge is 2.20. The van der Waals surface area contributed by atoms with E-state index in [4.69, 9.17) is 10.8 Å². The van der Waals surface area contributed by atoms with Crippen LogP contribution in [0.5, 0.6) is 0 Å². The summed E-state index contributed by atoms with van der Waals surface area (Å²) < 4.78 is 6.29. The molecule has 0 atom stereocenters. The second kappa shape index (κ2) is 6.83. The fourth-order valence-electron chi connectivity index (χ4n) is 2.84. The van der Waals surface area contributed by atoms with Crippen molar-refractivity contribution in [3.05, 3.63) is 54.1 Å². The molecule has 0 aliphatic carbocycles. The Bertz CT molecular complexity index is 1200. The van der Waals surface area contributed by atoms with E-state index in [2.05, 4.69) is 25.2 Å². The normalized spacial score (nSPS) is 10.9. The molecule has 140 valence electrons. The lowest BCUT2D eigenvalue weighted by molar-refractivity contribution is -0.116. The molecule has 4 rings (SSSR count). The SMILES string of the molecule is Nc1nonc1-c1nc2ccccc2n1CC(=O)Nc1cccc(C(=O)O)c1. The van der Waals surface area contributed by atoms with Gasteiger partial charge in [0.2, 0.25) is 5.91 Å². The Kier molecular flexibility index (Phi) is 4.20. The molecule has 0 saturated carbocycles. The van der Waals surface area contributed by atoms with E-state index < -0.39 is 5.97 Å². The number of aromatic nitrogens is 4. The lowest BCUT2D eigenvalue weighted by atomic mass is 10.2.